The third-order valence-electron chi connectivity index (χ3n) is 2.88. The summed E-state index contributed by atoms with van der Waals surface area (Å²) in [5, 5.41) is 0. The van der Waals surface area contributed by atoms with E-state index in [4.69, 9.17) is 23.7 Å². The molecule has 0 spiro atoms. The Bertz CT molecular complexity index is 274. The first-order valence-corrected chi connectivity index (χ1v) is 7.29. The van der Waals surface area contributed by atoms with Crippen LogP contribution in [0.15, 0.2) is 0 Å². The Morgan fingerprint density at radius 2 is 1.59 bits per heavy atom. The Morgan fingerprint density at radius 1 is 1.00 bits per heavy atom. The summed E-state index contributed by atoms with van der Waals surface area (Å²) in [7, 11) is 6.07. The third-order valence-corrected chi connectivity index (χ3v) is 2.88. The lowest BCUT2D eigenvalue weighted by Crippen LogP contribution is -2.52. The van der Waals surface area contributed by atoms with Crippen LogP contribution < -0.4 is 0 Å². The van der Waals surface area contributed by atoms with Crippen LogP contribution in [-0.2, 0) is 23.7 Å². The maximum absolute atomic E-state index is 12.6. The first kappa shape index (κ1) is 21.1. The van der Waals surface area contributed by atoms with Crippen LogP contribution in [0.5, 0.6) is 0 Å². The van der Waals surface area contributed by atoms with E-state index in [2.05, 4.69) is 6.92 Å². The fraction of sp³-hybridized carbons (Fsp3) is 0.929. The predicted octanol–water partition coefficient (Wildman–Crippen LogP) is 1.31. The fourth-order valence-corrected chi connectivity index (χ4v) is 1.76. The van der Waals surface area contributed by atoms with Gasteiger partial charge in [-0.05, 0) is 6.42 Å². The van der Waals surface area contributed by atoms with Gasteiger partial charge in [-0.25, -0.2) is 4.79 Å². The molecule has 0 aromatic rings. The first-order valence-electron chi connectivity index (χ1n) is 7.29. The van der Waals surface area contributed by atoms with Gasteiger partial charge in [0.25, 0.3) is 0 Å². The number of hydrogen-bond donors (Lipinski definition) is 0. The highest BCUT2D eigenvalue weighted by Crippen LogP contribution is 2.08. The van der Waals surface area contributed by atoms with Gasteiger partial charge in [-0.3, -0.25) is 9.80 Å². The second-order valence-electron chi connectivity index (χ2n) is 4.66. The average Bonchev–Trinajstić information content (AvgIpc) is 2.52. The van der Waals surface area contributed by atoms with E-state index in [0.717, 1.165) is 12.8 Å². The predicted molar refractivity (Wildman–Crippen MR) is 81.2 cm³/mol. The van der Waals surface area contributed by atoms with Crippen LogP contribution in [0.4, 0.5) is 4.79 Å². The minimum Gasteiger partial charge on any atom is -0.377 e. The number of ether oxygens (including phenoxy) is 5. The number of hydrogen-bond acceptors (Lipinski definition) is 6. The zero-order chi connectivity index (χ0) is 16.8. The number of methoxy groups -OCH3 is 4. The summed E-state index contributed by atoms with van der Waals surface area (Å²) in [6.45, 7) is 3.30. The van der Waals surface area contributed by atoms with E-state index < -0.39 is 6.23 Å². The summed E-state index contributed by atoms with van der Waals surface area (Å²) in [5.41, 5.74) is 0. The molecule has 0 saturated carbocycles. The highest BCUT2D eigenvalue weighted by molar-refractivity contribution is 5.74. The smallest absolute Gasteiger partial charge is 0.327 e. The van der Waals surface area contributed by atoms with E-state index in [1.165, 1.54) is 38.2 Å². The van der Waals surface area contributed by atoms with Gasteiger partial charge in [-0.15, -0.1) is 0 Å². The molecule has 8 heteroatoms. The standard InChI is InChI=1S/C14H30N2O6/c1-6-7-8-22-9-13(21-5)16(12-20-4)14(17)15(10-18-2)11-19-3/h13H,6-12H2,1-5H3. The fourth-order valence-electron chi connectivity index (χ4n) is 1.76. The van der Waals surface area contributed by atoms with Crippen LogP contribution >= 0.6 is 0 Å². The second kappa shape index (κ2) is 13.7. The monoisotopic (exact) mass is 322 g/mol. The quantitative estimate of drug-likeness (QED) is 0.376. The molecule has 2 amide bonds. The first-order chi connectivity index (χ1) is 10.7. The van der Waals surface area contributed by atoms with Gasteiger partial charge in [0.05, 0.1) is 6.61 Å². The number of amides is 2. The van der Waals surface area contributed by atoms with E-state index >= 15 is 0 Å². The van der Waals surface area contributed by atoms with Gasteiger partial charge in [0.15, 0.2) is 6.23 Å². The molecule has 0 aliphatic carbocycles. The molecule has 0 saturated heterocycles. The van der Waals surface area contributed by atoms with E-state index in [1.807, 2.05) is 0 Å². The molecule has 0 aromatic carbocycles. The van der Waals surface area contributed by atoms with Gasteiger partial charge in [-0.2, -0.15) is 0 Å². The van der Waals surface area contributed by atoms with Crippen molar-refractivity contribution in [3.63, 3.8) is 0 Å². The molecule has 0 aromatic heterocycles. The van der Waals surface area contributed by atoms with Crippen molar-refractivity contribution in [1.82, 2.24) is 9.80 Å². The number of carbonyl (C=O) groups is 1. The molecular formula is C14H30N2O6. The van der Waals surface area contributed by atoms with E-state index in [9.17, 15) is 4.79 Å². The second-order valence-corrected chi connectivity index (χ2v) is 4.66. The van der Waals surface area contributed by atoms with Gasteiger partial charge in [-0.1, -0.05) is 13.3 Å². The van der Waals surface area contributed by atoms with Crippen molar-refractivity contribution >= 4 is 6.03 Å². The lowest BCUT2D eigenvalue weighted by atomic mass is 10.4. The van der Waals surface area contributed by atoms with Crippen molar-refractivity contribution in [1.29, 1.82) is 0 Å². The molecule has 0 bridgehead atoms. The van der Waals surface area contributed by atoms with Crippen molar-refractivity contribution in [3.05, 3.63) is 0 Å². The Hall–Kier alpha value is -0.930. The van der Waals surface area contributed by atoms with Crippen LogP contribution in [0.3, 0.4) is 0 Å². The van der Waals surface area contributed by atoms with Crippen molar-refractivity contribution in [3.8, 4) is 0 Å². The Kier molecular flexibility index (Phi) is 13.1. The lowest BCUT2D eigenvalue weighted by Gasteiger charge is -2.33. The number of carbonyl (C=O) groups excluding carboxylic acids is 1. The SMILES string of the molecule is CCCCOCC(OC)N(COC)C(=O)N(COC)COC. The molecule has 0 heterocycles. The molecule has 0 fully saturated rings. The van der Waals surface area contributed by atoms with E-state index in [-0.39, 0.29) is 32.8 Å². The minimum atomic E-state index is -0.541. The number of rotatable bonds is 13. The molecule has 0 aliphatic heterocycles. The largest absolute Gasteiger partial charge is 0.377 e. The molecule has 1 atom stereocenters. The highest BCUT2D eigenvalue weighted by Gasteiger charge is 2.28. The normalized spacial score (nSPS) is 12.2. The molecule has 0 rings (SSSR count). The molecule has 8 nitrogen and oxygen atoms in total. The summed E-state index contributed by atoms with van der Waals surface area (Å²) < 4.78 is 26.1. The summed E-state index contributed by atoms with van der Waals surface area (Å²) in [4.78, 5) is 15.4. The third kappa shape index (κ3) is 7.90. The number of urea groups is 1. The van der Waals surface area contributed by atoms with Crippen molar-refractivity contribution < 1.29 is 28.5 Å². The summed E-state index contributed by atoms with van der Waals surface area (Å²) in [6, 6.07) is -0.309. The van der Waals surface area contributed by atoms with Gasteiger partial charge < -0.3 is 23.7 Å². The summed E-state index contributed by atoms with van der Waals surface area (Å²) >= 11 is 0. The molecule has 22 heavy (non-hydrogen) atoms. The highest BCUT2D eigenvalue weighted by atomic mass is 16.6. The summed E-state index contributed by atoms with van der Waals surface area (Å²) in [5.74, 6) is 0. The number of unbranched alkanes of at least 4 members (excludes halogenated alkanes) is 1. The van der Waals surface area contributed by atoms with Gasteiger partial charge in [0.1, 0.15) is 20.2 Å². The van der Waals surface area contributed by atoms with E-state index in [0.29, 0.717) is 6.61 Å². The zero-order valence-corrected chi connectivity index (χ0v) is 14.4. The Balaban J connectivity index is 4.76. The maximum Gasteiger partial charge on any atom is 0.327 e. The van der Waals surface area contributed by atoms with Crippen LogP contribution in [0.2, 0.25) is 0 Å². The van der Waals surface area contributed by atoms with Crippen molar-refractivity contribution in [2.24, 2.45) is 0 Å². The topological polar surface area (TPSA) is 69.7 Å². The summed E-state index contributed by atoms with van der Waals surface area (Å²) in [6.07, 6.45) is 1.47. The van der Waals surface area contributed by atoms with Crippen molar-refractivity contribution in [2.75, 3.05) is 61.8 Å². The molecular weight excluding hydrogens is 292 g/mol. The Morgan fingerprint density at radius 3 is 2.05 bits per heavy atom. The van der Waals surface area contributed by atoms with Gasteiger partial charge >= 0.3 is 6.03 Å². The lowest BCUT2D eigenvalue weighted by molar-refractivity contribution is -0.106. The van der Waals surface area contributed by atoms with Crippen LogP contribution in [0.25, 0.3) is 0 Å². The minimum absolute atomic E-state index is 0.0818. The molecule has 0 N–H and O–H groups in total. The van der Waals surface area contributed by atoms with Crippen LogP contribution in [-0.4, -0.2) is 83.9 Å². The molecule has 0 aliphatic rings. The van der Waals surface area contributed by atoms with Crippen LogP contribution in [0.1, 0.15) is 19.8 Å². The molecule has 1 unspecified atom stereocenters. The van der Waals surface area contributed by atoms with Gasteiger partial charge in [0, 0.05) is 35.0 Å². The van der Waals surface area contributed by atoms with Crippen molar-refractivity contribution in [2.45, 2.75) is 26.0 Å². The molecule has 0 radical (unpaired) electrons. The average molecular weight is 322 g/mol. The Labute approximate surface area is 133 Å². The van der Waals surface area contributed by atoms with Crippen LogP contribution in [0, 0.1) is 0 Å². The number of nitrogens with zero attached hydrogens (tertiary/aromatic N) is 2. The van der Waals surface area contributed by atoms with E-state index in [1.54, 1.807) is 0 Å². The van der Waals surface area contributed by atoms with Gasteiger partial charge in [0.2, 0.25) is 0 Å². The maximum atomic E-state index is 12.6. The zero-order valence-electron chi connectivity index (χ0n) is 14.4. The molecule has 132 valence electrons.